The molecule has 0 saturated carbocycles. The highest BCUT2D eigenvalue weighted by molar-refractivity contribution is 5.77. The zero-order valence-corrected chi connectivity index (χ0v) is 8.41. The molecule has 4 heteroatoms. The Hall–Kier alpha value is -1.58. The second kappa shape index (κ2) is 3.65. The summed E-state index contributed by atoms with van der Waals surface area (Å²) in [6.45, 7) is 5.32. The van der Waals surface area contributed by atoms with Gasteiger partial charge in [-0.25, -0.2) is 4.98 Å². The molecule has 0 atom stereocenters. The summed E-state index contributed by atoms with van der Waals surface area (Å²) in [6, 6.07) is 2.05. The highest BCUT2D eigenvalue weighted by Gasteiger charge is 1.99. The van der Waals surface area contributed by atoms with Gasteiger partial charge in [-0.1, -0.05) is 13.8 Å². The molecule has 0 unspecified atom stereocenters. The zero-order valence-electron chi connectivity index (χ0n) is 8.41. The fourth-order valence-electron chi connectivity index (χ4n) is 1.26. The van der Waals surface area contributed by atoms with Gasteiger partial charge in [0.05, 0.1) is 18.1 Å². The van der Waals surface area contributed by atoms with Crippen molar-refractivity contribution in [3.8, 4) is 0 Å². The first-order valence-corrected chi connectivity index (χ1v) is 4.78. The Morgan fingerprint density at radius 2 is 2.29 bits per heavy atom. The first kappa shape index (κ1) is 8.99. The van der Waals surface area contributed by atoms with Crippen molar-refractivity contribution in [2.75, 3.05) is 11.9 Å². The molecule has 0 aliphatic rings. The first-order chi connectivity index (χ1) is 6.75. The van der Waals surface area contributed by atoms with Gasteiger partial charge < -0.3 is 5.32 Å². The summed E-state index contributed by atoms with van der Waals surface area (Å²) >= 11 is 0. The van der Waals surface area contributed by atoms with Gasteiger partial charge in [0.2, 0.25) is 0 Å². The minimum absolute atomic E-state index is 0.634. The maximum atomic E-state index is 4.24. The van der Waals surface area contributed by atoms with Crippen LogP contribution < -0.4 is 5.32 Å². The summed E-state index contributed by atoms with van der Waals surface area (Å²) in [6.07, 6.45) is 3.60. The normalized spacial score (nSPS) is 11.1. The Kier molecular flexibility index (Phi) is 2.35. The third-order valence-electron chi connectivity index (χ3n) is 2.01. The van der Waals surface area contributed by atoms with Gasteiger partial charge in [0.1, 0.15) is 0 Å². The molecular formula is C10H14N4. The zero-order chi connectivity index (χ0) is 9.97. The topological polar surface area (TPSA) is 53.6 Å². The number of fused-ring (bicyclic) bond motifs is 1. The molecule has 2 rings (SSSR count). The highest BCUT2D eigenvalue weighted by atomic mass is 15.1. The van der Waals surface area contributed by atoms with Gasteiger partial charge in [-0.3, -0.25) is 5.10 Å². The summed E-state index contributed by atoms with van der Waals surface area (Å²) in [5, 5.41) is 11.1. The minimum Gasteiger partial charge on any atom is -0.384 e. The standard InChI is InChI=1S/C10H14N4/c1-7(2)4-11-9-3-8-5-13-14-10(8)12-6-9/h3,5-7,11H,4H2,1-2H3,(H,12,13,14). The highest BCUT2D eigenvalue weighted by Crippen LogP contribution is 2.13. The van der Waals surface area contributed by atoms with Crippen LogP contribution in [0, 0.1) is 5.92 Å². The van der Waals surface area contributed by atoms with Gasteiger partial charge in [-0.05, 0) is 12.0 Å². The van der Waals surface area contributed by atoms with E-state index in [1.165, 1.54) is 0 Å². The smallest absolute Gasteiger partial charge is 0.155 e. The monoisotopic (exact) mass is 190 g/mol. The van der Waals surface area contributed by atoms with Gasteiger partial charge >= 0.3 is 0 Å². The van der Waals surface area contributed by atoms with Crippen LogP contribution in [-0.2, 0) is 0 Å². The van der Waals surface area contributed by atoms with Gasteiger partial charge in [0.25, 0.3) is 0 Å². The van der Waals surface area contributed by atoms with E-state index in [0.717, 1.165) is 23.3 Å². The Morgan fingerprint density at radius 1 is 1.43 bits per heavy atom. The van der Waals surface area contributed by atoms with Crippen LogP contribution in [0.3, 0.4) is 0 Å². The van der Waals surface area contributed by atoms with E-state index in [-0.39, 0.29) is 0 Å². The van der Waals surface area contributed by atoms with E-state index in [2.05, 4.69) is 34.3 Å². The molecule has 0 aliphatic carbocycles. The molecule has 74 valence electrons. The van der Waals surface area contributed by atoms with Crippen molar-refractivity contribution < 1.29 is 0 Å². The van der Waals surface area contributed by atoms with Crippen LogP contribution in [0.25, 0.3) is 11.0 Å². The maximum absolute atomic E-state index is 4.24. The van der Waals surface area contributed by atoms with Crippen LogP contribution in [0.4, 0.5) is 5.69 Å². The predicted octanol–water partition coefficient (Wildman–Crippen LogP) is 2.03. The predicted molar refractivity (Wildman–Crippen MR) is 57.2 cm³/mol. The molecule has 0 bridgehead atoms. The molecule has 4 nitrogen and oxygen atoms in total. The van der Waals surface area contributed by atoms with Crippen LogP contribution >= 0.6 is 0 Å². The van der Waals surface area contributed by atoms with E-state index < -0.39 is 0 Å². The third kappa shape index (κ3) is 1.84. The summed E-state index contributed by atoms with van der Waals surface area (Å²) in [7, 11) is 0. The van der Waals surface area contributed by atoms with Gasteiger partial charge in [0, 0.05) is 11.9 Å². The Bertz CT molecular complexity index is 419. The van der Waals surface area contributed by atoms with Crippen LogP contribution in [0.1, 0.15) is 13.8 Å². The fourth-order valence-corrected chi connectivity index (χ4v) is 1.26. The fraction of sp³-hybridized carbons (Fsp3) is 0.400. The van der Waals surface area contributed by atoms with Crippen molar-refractivity contribution in [1.29, 1.82) is 0 Å². The molecule has 14 heavy (non-hydrogen) atoms. The molecule has 2 aromatic heterocycles. The van der Waals surface area contributed by atoms with E-state index in [1.54, 1.807) is 6.20 Å². The molecule has 0 aromatic carbocycles. The van der Waals surface area contributed by atoms with Crippen LogP contribution in [0.15, 0.2) is 18.5 Å². The van der Waals surface area contributed by atoms with Crippen molar-refractivity contribution in [3.05, 3.63) is 18.5 Å². The lowest BCUT2D eigenvalue weighted by Crippen LogP contribution is -2.07. The largest absolute Gasteiger partial charge is 0.384 e. The van der Waals surface area contributed by atoms with Crippen molar-refractivity contribution >= 4 is 16.7 Å². The van der Waals surface area contributed by atoms with Gasteiger partial charge in [-0.15, -0.1) is 0 Å². The van der Waals surface area contributed by atoms with Gasteiger partial charge in [-0.2, -0.15) is 5.10 Å². The lowest BCUT2D eigenvalue weighted by Gasteiger charge is -2.07. The minimum atomic E-state index is 0.634. The average Bonchev–Trinajstić information content (AvgIpc) is 2.61. The molecule has 0 saturated heterocycles. The quantitative estimate of drug-likeness (QED) is 0.778. The number of H-pyrrole nitrogens is 1. The lowest BCUT2D eigenvalue weighted by molar-refractivity contribution is 0.689. The number of nitrogens with one attached hydrogen (secondary N) is 2. The van der Waals surface area contributed by atoms with Crippen molar-refractivity contribution in [3.63, 3.8) is 0 Å². The molecule has 2 N–H and O–H groups in total. The Morgan fingerprint density at radius 3 is 3.07 bits per heavy atom. The molecule has 0 spiro atoms. The first-order valence-electron chi connectivity index (χ1n) is 4.78. The SMILES string of the molecule is CC(C)CNc1cnc2[nH]ncc2c1. The summed E-state index contributed by atoms with van der Waals surface area (Å²) in [5.74, 6) is 0.634. The third-order valence-corrected chi connectivity index (χ3v) is 2.01. The molecule has 0 amide bonds. The molecule has 0 radical (unpaired) electrons. The van der Waals surface area contributed by atoms with Crippen molar-refractivity contribution in [1.82, 2.24) is 15.2 Å². The molecule has 2 heterocycles. The Labute approximate surface area is 82.7 Å². The molecular weight excluding hydrogens is 176 g/mol. The van der Waals surface area contributed by atoms with E-state index in [9.17, 15) is 0 Å². The Balaban J connectivity index is 2.17. The van der Waals surface area contributed by atoms with E-state index >= 15 is 0 Å². The van der Waals surface area contributed by atoms with Gasteiger partial charge in [0.15, 0.2) is 5.65 Å². The van der Waals surface area contributed by atoms with Crippen LogP contribution in [0.2, 0.25) is 0 Å². The second-order valence-corrected chi connectivity index (χ2v) is 3.81. The van der Waals surface area contributed by atoms with E-state index in [1.807, 2.05) is 12.3 Å². The number of pyridine rings is 1. The van der Waals surface area contributed by atoms with E-state index in [4.69, 9.17) is 0 Å². The van der Waals surface area contributed by atoms with Crippen LogP contribution in [0.5, 0.6) is 0 Å². The molecule has 0 aliphatic heterocycles. The number of rotatable bonds is 3. The summed E-state index contributed by atoms with van der Waals surface area (Å²) < 4.78 is 0. The maximum Gasteiger partial charge on any atom is 0.155 e. The summed E-state index contributed by atoms with van der Waals surface area (Å²) in [4.78, 5) is 4.24. The molecule has 0 fully saturated rings. The average molecular weight is 190 g/mol. The molecule has 2 aromatic rings. The number of anilines is 1. The van der Waals surface area contributed by atoms with E-state index in [0.29, 0.717) is 5.92 Å². The van der Waals surface area contributed by atoms with Crippen molar-refractivity contribution in [2.45, 2.75) is 13.8 Å². The number of aromatic amines is 1. The number of nitrogens with zero attached hydrogens (tertiary/aromatic N) is 2. The number of hydrogen-bond acceptors (Lipinski definition) is 3. The summed E-state index contributed by atoms with van der Waals surface area (Å²) in [5.41, 5.74) is 1.88. The number of hydrogen-bond donors (Lipinski definition) is 2. The number of aromatic nitrogens is 3. The lowest BCUT2D eigenvalue weighted by atomic mass is 10.2. The van der Waals surface area contributed by atoms with Crippen LogP contribution in [-0.4, -0.2) is 21.7 Å². The van der Waals surface area contributed by atoms with Crippen molar-refractivity contribution in [2.24, 2.45) is 5.92 Å². The second-order valence-electron chi connectivity index (χ2n) is 3.81.